The molecule has 0 atom stereocenters. The molecule has 1 heterocycles. The summed E-state index contributed by atoms with van der Waals surface area (Å²) in [5.74, 6) is 0.824. The van der Waals surface area contributed by atoms with E-state index in [0.717, 1.165) is 12.2 Å². The van der Waals surface area contributed by atoms with E-state index in [1.54, 1.807) is 12.1 Å². The van der Waals surface area contributed by atoms with Gasteiger partial charge in [-0.2, -0.15) is 8.42 Å². The van der Waals surface area contributed by atoms with Gasteiger partial charge in [0.15, 0.2) is 5.17 Å². The quantitative estimate of drug-likeness (QED) is 0.910. The van der Waals surface area contributed by atoms with Crippen LogP contribution in [0.25, 0.3) is 0 Å². The van der Waals surface area contributed by atoms with Gasteiger partial charge in [-0.15, -0.1) is 4.40 Å². The molecular formula is C10H11ClN2O2S2. The number of sulfonamides is 1. The van der Waals surface area contributed by atoms with Crippen molar-refractivity contribution in [1.82, 2.24) is 0 Å². The van der Waals surface area contributed by atoms with Gasteiger partial charge in [0.1, 0.15) is 4.90 Å². The van der Waals surface area contributed by atoms with Gasteiger partial charge in [-0.05, 0) is 24.6 Å². The average molecular weight is 291 g/mol. The fourth-order valence-corrected chi connectivity index (χ4v) is 3.73. The van der Waals surface area contributed by atoms with E-state index in [1.165, 1.54) is 17.8 Å². The molecule has 1 N–H and O–H groups in total. The summed E-state index contributed by atoms with van der Waals surface area (Å²) >= 11 is 7.17. The summed E-state index contributed by atoms with van der Waals surface area (Å²) in [4.78, 5) is 0.130. The first kappa shape index (κ1) is 12.7. The largest absolute Gasteiger partial charge is 0.333 e. The smallest absolute Gasteiger partial charge is 0.286 e. The van der Waals surface area contributed by atoms with E-state index < -0.39 is 10.0 Å². The molecule has 0 aromatic heterocycles. The Bertz CT molecular complexity index is 570. The Morgan fingerprint density at radius 1 is 1.47 bits per heavy atom. The maximum Gasteiger partial charge on any atom is 0.286 e. The first-order chi connectivity index (χ1) is 8.03. The van der Waals surface area contributed by atoms with Crippen LogP contribution in [0.1, 0.15) is 13.3 Å². The molecule has 17 heavy (non-hydrogen) atoms. The number of fused-ring (bicyclic) bond motifs is 1. The minimum Gasteiger partial charge on any atom is -0.333 e. The highest BCUT2D eigenvalue weighted by molar-refractivity contribution is 8.14. The lowest BCUT2D eigenvalue weighted by Gasteiger charge is -2.17. The lowest BCUT2D eigenvalue weighted by molar-refractivity contribution is 0.598. The van der Waals surface area contributed by atoms with Gasteiger partial charge in [-0.25, -0.2) is 0 Å². The van der Waals surface area contributed by atoms with Crippen molar-refractivity contribution in [1.29, 1.82) is 0 Å². The molecule has 0 bridgehead atoms. The molecule has 4 nitrogen and oxygen atoms in total. The fraction of sp³-hybridized carbons (Fsp3) is 0.300. The van der Waals surface area contributed by atoms with Crippen LogP contribution in [0, 0.1) is 0 Å². The van der Waals surface area contributed by atoms with Crippen LogP contribution in [0.3, 0.4) is 0 Å². The van der Waals surface area contributed by atoms with Gasteiger partial charge < -0.3 is 5.32 Å². The number of rotatable bonds is 2. The van der Waals surface area contributed by atoms with E-state index in [4.69, 9.17) is 11.6 Å². The van der Waals surface area contributed by atoms with E-state index in [1.807, 2.05) is 6.92 Å². The van der Waals surface area contributed by atoms with E-state index in [9.17, 15) is 8.42 Å². The number of amidine groups is 1. The van der Waals surface area contributed by atoms with Crippen LogP contribution in [0.5, 0.6) is 0 Å². The second-order valence-electron chi connectivity index (χ2n) is 3.49. The number of nitrogens with one attached hydrogen (secondary N) is 1. The number of hydrogen-bond donors (Lipinski definition) is 1. The van der Waals surface area contributed by atoms with Gasteiger partial charge in [-0.3, -0.25) is 0 Å². The second-order valence-corrected chi connectivity index (χ2v) is 6.58. The van der Waals surface area contributed by atoms with Gasteiger partial charge >= 0.3 is 0 Å². The zero-order valence-electron chi connectivity index (χ0n) is 9.10. The Kier molecular flexibility index (Phi) is 3.65. The van der Waals surface area contributed by atoms with Gasteiger partial charge in [0.2, 0.25) is 0 Å². The predicted octanol–water partition coefficient (Wildman–Crippen LogP) is 2.95. The van der Waals surface area contributed by atoms with Crippen molar-refractivity contribution in [3.8, 4) is 0 Å². The third-order valence-electron chi connectivity index (χ3n) is 2.11. The molecule has 1 aromatic rings. The Morgan fingerprint density at radius 3 is 2.94 bits per heavy atom. The summed E-state index contributed by atoms with van der Waals surface area (Å²) in [6.45, 7) is 2.03. The molecule has 0 fully saturated rings. The molecule has 0 amide bonds. The van der Waals surface area contributed by atoms with Gasteiger partial charge in [-0.1, -0.05) is 30.3 Å². The highest BCUT2D eigenvalue weighted by Gasteiger charge is 2.25. The molecule has 0 saturated heterocycles. The van der Waals surface area contributed by atoms with E-state index >= 15 is 0 Å². The highest BCUT2D eigenvalue weighted by atomic mass is 35.5. The van der Waals surface area contributed by atoms with Crippen molar-refractivity contribution in [3.63, 3.8) is 0 Å². The van der Waals surface area contributed by atoms with E-state index in [-0.39, 0.29) is 4.90 Å². The van der Waals surface area contributed by atoms with Gasteiger partial charge in [0.05, 0.1) is 5.69 Å². The van der Waals surface area contributed by atoms with Crippen LogP contribution in [0.15, 0.2) is 27.5 Å². The standard InChI is InChI=1S/C10H11ClN2O2S2/c1-2-5-16-10-12-8-4-3-7(11)6-9(8)17(14,15)13-10/h3-4,6H,2,5H2,1H3,(H,12,13). The van der Waals surface area contributed by atoms with Crippen LogP contribution in [0.4, 0.5) is 5.69 Å². The molecule has 7 heteroatoms. The first-order valence-electron chi connectivity index (χ1n) is 5.07. The lowest BCUT2D eigenvalue weighted by atomic mass is 10.3. The lowest BCUT2D eigenvalue weighted by Crippen LogP contribution is -2.19. The Balaban J connectivity index is 2.40. The van der Waals surface area contributed by atoms with Gasteiger partial charge in [0.25, 0.3) is 10.0 Å². The number of thioether (sulfide) groups is 1. The van der Waals surface area contributed by atoms with Crippen molar-refractivity contribution in [2.45, 2.75) is 18.2 Å². The van der Waals surface area contributed by atoms with E-state index in [0.29, 0.717) is 15.9 Å². The summed E-state index contributed by atoms with van der Waals surface area (Å²) in [6.07, 6.45) is 0.957. The number of nitrogens with zero attached hydrogens (tertiary/aromatic N) is 1. The number of halogens is 1. The Hall–Kier alpha value is -0.720. The number of hydrogen-bond acceptors (Lipinski definition) is 4. The highest BCUT2D eigenvalue weighted by Crippen LogP contribution is 2.31. The van der Waals surface area contributed by atoms with Crippen LogP contribution in [0.2, 0.25) is 5.02 Å². The molecule has 1 aromatic carbocycles. The zero-order chi connectivity index (χ0) is 12.5. The van der Waals surface area contributed by atoms with Crippen LogP contribution < -0.4 is 5.32 Å². The van der Waals surface area contributed by atoms with Crippen molar-refractivity contribution < 1.29 is 8.42 Å². The minimum absolute atomic E-state index is 0.130. The SMILES string of the molecule is CCCSC1=NS(=O)(=O)c2cc(Cl)ccc2N1. The van der Waals surface area contributed by atoms with Crippen molar-refractivity contribution in [3.05, 3.63) is 23.2 Å². The first-order valence-corrected chi connectivity index (χ1v) is 7.87. The summed E-state index contributed by atoms with van der Waals surface area (Å²) in [6, 6.07) is 4.71. The number of anilines is 1. The zero-order valence-corrected chi connectivity index (χ0v) is 11.5. The minimum atomic E-state index is -3.62. The van der Waals surface area contributed by atoms with E-state index in [2.05, 4.69) is 9.71 Å². The topological polar surface area (TPSA) is 58.5 Å². The monoisotopic (exact) mass is 290 g/mol. The second kappa shape index (κ2) is 4.88. The maximum absolute atomic E-state index is 11.9. The molecule has 1 aliphatic rings. The third kappa shape index (κ3) is 2.75. The summed E-state index contributed by atoms with van der Waals surface area (Å²) in [5.41, 5.74) is 0.531. The third-order valence-corrected chi connectivity index (χ3v) is 4.86. The number of benzene rings is 1. The predicted molar refractivity (Wildman–Crippen MR) is 72.4 cm³/mol. The molecular weight excluding hydrogens is 280 g/mol. The van der Waals surface area contributed by atoms with Crippen molar-refractivity contribution in [2.75, 3.05) is 11.1 Å². The Labute approximate surface area is 110 Å². The molecule has 0 saturated carbocycles. The molecule has 1 aliphatic heterocycles. The van der Waals surface area contributed by atoms with Crippen molar-refractivity contribution >= 4 is 44.2 Å². The summed E-state index contributed by atoms with van der Waals surface area (Å²) < 4.78 is 27.5. The molecule has 0 aliphatic carbocycles. The Morgan fingerprint density at radius 2 is 2.24 bits per heavy atom. The van der Waals surface area contributed by atoms with Crippen LogP contribution >= 0.6 is 23.4 Å². The summed E-state index contributed by atoms with van der Waals surface area (Å²) in [7, 11) is -3.62. The molecule has 0 radical (unpaired) electrons. The molecule has 0 unspecified atom stereocenters. The maximum atomic E-state index is 11.9. The molecule has 2 rings (SSSR count). The van der Waals surface area contributed by atoms with Crippen LogP contribution in [-0.4, -0.2) is 19.3 Å². The summed E-state index contributed by atoms with van der Waals surface area (Å²) in [5, 5.41) is 3.79. The van der Waals surface area contributed by atoms with Crippen molar-refractivity contribution in [2.24, 2.45) is 4.40 Å². The van der Waals surface area contributed by atoms with Crippen LogP contribution in [-0.2, 0) is 10.0 Å². The molecule has 0 spiro atoms. The average Bonchev–Trinajstić information content (AvgIpc) is 2.27. The molecule has 92 valence electrons. The fourth-order valence-electron chi connectivity index (χ4n) is 1.37. The van der Waals surface area contributed by atoms with Gasteiger partial charge in [0, 0.05) is 10.8 Å². The normalized spacial score (nSPS) is 16.9.